The first-order valence-electron chi connectivity index (χ1n) is 11.5. The lowest BCUT2D eigenvalue weighted by Gasteiger charge is -2.29. The van der Waals surface area contributed by atoms with Gasteiger partial charge in [-0.1, -0.05) is 31.1 Å². The summed E-state index contributed by atoms with van der Waals surface area (Å²) in [6.45, 7) is 7.15. The zero-order valence-corrected chi connectivity index (χ0v) is 19.8. The summed E-state index contributed by atoms with van der Waals surface area (Å²) in [4.78, 5) is 22.1. The fraction of sp³-hybridized carbons (Fsp3) is 0.440. The Hall–Kier alpha value is -2.55. The van der Waals surface area contributed by atoms with Gasteiger partial charge in [0.05, 0.1) is 30.0 Å². The monoisotopic (exact) mass is 471 g/mol. The third-order valence-electron chi connectivity index (χ3n) is 5.68. The number of hydrogen-bond donors (Lipinski definition) is 0. The second-order valence-corrected chi connectivity index (χ2v) is 9.11. The van der Waals surface area contributed by atoms with Gasteiger partial charge in [-0.05, 0) is 48.9 Å². The van der Waals surface area contributed by atoms with Crippen molar-refractivity contribution >= 4 is 32.6 Å². The van der Waals surface area contributed by atoms with Crippen LogP contribution in [0.1, 0.15) is 36.5 Å². The number of thiazole rings is 1. The number of anilines is 1. The minimum absolute atomic E-state index is 0.125. The first kappa shape index (κ1) is 23.6. The summed E-state index contributed by atoms with van der Waals surface area (Å²) in [7, 11) is 0. The van der Waals surface area contributed by atoms with Gasteiger partial charge in [0.25, 0.3) is 5.91 Å². The van der Waals surface area contributed by atoms with Gasteiger partial charge in [-0.15, -0.1) is 0 Å². The summed E-state index contributed by atoms with van der Waals surface area (Å²) < 4.78 is 25.6. The van der Waals surface area contributed by atoms with Crippen LogP contribution in [-0.4, -0.2) is 61.8 Å². The normalized spacial score (nSPS) is 14.5. The third kappa shape index (κ3) is 6.28. The highest BCUT2D eigenvalue weighted by molar-refractivity contribution is 7.22. The number of hydrogen-bond acceptors (Lipinski definition) is 6. The summed E-state index contributed by atoms with van der Waals surface area (Å²) >= 11 is 1.33. The van der Waals surface area contributed by atoms with E-state index in [2.05, 4.69) is 16.8 Å². The summed E-state index contributed by atoms with van der Waals surface area (Å²) in [5.74, 6) is 0.330. The van der Waals surface area contributed by atoms with Gasteiger partial charge < -0.3 is 9.47 Å². The van der Waals surface area contributed by atoms with E-state index < -0.39 is 0 Å². The SMILES string of the molecule is CCCCCOc1ccc(C(=O)N(CCN2CCOCC2)c2nc3ccc(F)cc3s2)cc1. The number of aromatic nitrogens is 1. The molecule has 0 saturated carbocycles. The molecule has 2 heterocycles. The molecule has 0 radical (unpaired) electrons. The Bertz CT molecular complexity index is 1050. The molecule has 0 bridgehead atoms. The number of fused-ring (bicyclic) bond motifs is 1. The molecule has 3 aromatic rings. The minimum Gasteiger partial charge on any atom is -0.494 e. The summed E-state index contributed by atoms with van der Waals surface area (Å²) in [6.07, 6.45) is 3.31. The lowest BCUT2D eigenvalue weighted by Crippen LogP contribution is -2.43. The van der Waals surface area contributed by atoms with Crippen LogP contribution >= 0.6 is 11.3 Å². The van der Waals surface area contributed by atoms with Crippen molar-refractivity contribution in [2.45, 2.75) is 26.2 Å². The molecule has 0 atom stereocenters. The van der Waals surface area contributed by atoms with E-state index in [4.69, 9.17) is 9.47 Å². The zero-order valence-electron chi connectivity index (χ0n) is 19.0. The van der Waals surface area contributed by atoms with Crippen molar-refractivity contribution in [3.63, 3.8) is 0 Å². The van der Waals surface area contributed by atoms with Crippen molar-refractivity contribution in [1.29, 1.82) is 0 Å². The first-order valence-corrected chi connectivity index (χ1v) is 12.4. The van der Waals surface area contributed by atoms with E-state index in [1.54, 1.807) is 23.1 Å². The van der Waals surface area contributed by atoms with Gasteiger partial charge in [-0.25, -0.2) is 9.37 Å². The van der Waals surface area contributed by atoms with Crippen LogP contribution in [0.25, 0.3) is 10.2 Å². The van der Waals surface area contributed by atoms with Crippen molar-refractivity contribution < 1.29 is 18.7 Å². The lowest BCUT2D eigenvalue weighted by molar-refractivity contribution is 0.0391. The van der Waals surface area contributed by atoms with Gasteiger partial charge in [-0.3, -0.25) is 14.6 Å². The number of unbranched alkanes of at least 4 members (excludes halogenated alkanes) is 2. The van der Waals surface area contributed by atoms with Gasteiger partial charge in [-0.2, -0.15) is 0 Å². The standard InChI is InChI=1S/C25H30FN3O3S/c1-2-3-4-15-32-21-8-5-19(6-9-21)24(30)29(12-11-28-13-16-31-17-14-28)25-27-22-10-7-20(26)18-23(22)33-25/h5-10,18H,2-4,11-17H2,1H3. The van der Waals surface area contributed by atoms with Crippen molar-refractivity contribution in [2.75, 3.05) is 50.9 Å². The van der Waals surface area contributed by atoms with Gasteiger partial charge in [0, 0.05) is 31.7 Å². The van der Waals surface area contributed by atoms with Gasteiger partial charge in [0.1, 0.15) is 11.6 Å². The average Bonchev–Trinajstić information content (AvgIpc) is 3.25. The number of amides is 1. The van der Waals surface area contributed by atoms with E-state index >= 15 is 0 Å². The van der Waals surface area contributed by atoms with Crippen LogP contribution in [0.3, 0.4) is 0 Å². The molecular weight excluding hydrogens is 441 g/mol. The largest absolute Gasteiger partial charge is 0.494 e. The van der Waals surface area contributed by atoms with Crippen LogP contribution in [0.5, 0.6) is 5.75 Å². The number of carbonyl (C=O) groups is 1. The third-order valence-corrected chi connectivity index (χ3v) is 6.72. The molecule has 1 aliphatic heterocycles. The van der Waals surface area contributed by atoms with Crippen molar-refractivity contribution in [2.24, 2.45) is 0 Å². The highest BCUT2D eigenvalue weighted by atomic mass is 32.1. The van der Waals surface area contributed by atoms with Crippen LogP contribution in [0.4, 0.5) is 9.52 Å². The minimum atomic E-state index is -0.307. The molecule has 33 heavy (non-hydrogen) atoms. The fourth-order valence-electron chi connectivity index (χ4n) is 3.74. The zero-order chi connectivity index (χ0) is 23.0. The van der Waals surface area contributed by atoms with Gasteiger partial charge in [0.2, 0.25) is 0 Å². The van der Waals surface area contributed by atoms with E-state index in [9.17, 15) is 9.18 Å². The number of ether oxygens (including phenoxy) is 2. The average molecular weight is 472 g/mol. The predicted octanol–water partition coefficient (Wildman–Crippen LogP) is 4.98. The second kappa shape index (κ2) is 11.5. The number of morpholine rings is 1. The van der Waals surface area contributed by atoms with Crippen LogP contribution in [0, 0.1) is 5.82 Å². The molecule has 1 aromatic heterocycles. The van der Waals surface area contributed by atoms with E-state index in [-0.39, 0.29) is 11.7 Å². The Balaban J connectivity index is 1.51. The Morgan fingerprint density at radius 3 is 2.73 bits per heavy atom. The number of halogens is 1. The summed E-state index contributed by atoms with van der Waals surface area (Å²) in [6, 6.07) is 11.8. The molecule has 0 spiro atoms. The molecule has 2 aromatic carbocycles. The van der Waals surface area contributed by atoms with Gasteiger partial charge >= 0.3 is 0 Å². The number of rotatable bonds is 10. The smallest absolute Gasteiger partial charge is 0.260 e. The van der Waals surface area contributed by atoms with E-state index in [1.807, 2.05) is 12.1 Å². The molecule has 1 aliphatic rings. The highest BCUT2D eigenvalue weighted by Crippen LogP contribution is 2.30. The quantitative estimate of drug-likeness (QED) is 0.390. The number of benzene rings is 2. The maximum Gasteiger partial charge on any atom is 0.260 e. The molecule has 6 nitrogen and oxygen atoms in total. The Labute approximate surface area is 197 Å². The fourth-order valence-corrected chi connectivity index (χ4v) is 4.76. The molecule has 0 unspecified atom stereocenters. The molecule has 0 aliphatic carbocycles. The topological polar surface area (TPSA) is 54.9 Å². The van der Waals surface area contributed by atoms with Gasteiger partial charge in [0.15, 0.2) is 5.13 Å². The summed E-state index contributed by atoms with van der Waals surface area (Å²) in [5, 5.41) is 0.578. The van der Waals surface area contributed by atoms with Crippen LogP contribution in [-0.2, 0) is 4.74 Å². The molecule has 176 valence electrons. The van der Waals surface area contributed by atoms with Crippen LogP contribution in [0.2, 0.25) is 0 Å². The Kier molecular flexibility index (Phi) is 8.25. The molecule has 1 fully saturated rings. The molecule has 0 N–H and O–H groups in total. The second-order valence-electron chi connectivity index (χ2n) is 8.10. The maximum atomic E-state index is 13.7. The number of nitrogens with zero attached hydrogens (tertiary/aromatic N) is 3. The van der Waals surface area contributed by atoms with E-state index in [1.165, 1.54) is 23.5 Å². The highest BCUT2D eigenvalue weighted by Gasteiger charge is 2.23. The molecule has 4 rings (SSSR count). The molecule has 1 saturated heterocycles. The van der Waals surface area contributed by atoms with Crippen LogP contribution in [0.15, 0.2) is 42.5 Å². The maximum absolute atomic E-state index is 13.7. The Morgan fingerprint density at radius 1 is 1.18 bits per heavy atom. The van der Waals surface area contributed by atoms with Crippen LogP contribution < -0.4 is 9.64 Å². The van der Waals surface area contributed by atoms with Crippen molar-refractivity contribution in [1.82, 2.24) is 9.88 Å². The van der Waals surface area contributed by atoms with Crippen molar-refractivity contribution in [3.8, 4) is 5.75 Å². The van der Waals surface area contributed by atoms with E-state index in [0.29, 0.717) is 42.6 Å². The lowest BCUT2D eigenvalue weighted by atomic mass is 10.2. The first-order chi connectivity index (χ1) is 16.1. The number of carbonyl (C=O) groups excluding carboxylic acids is 1. The molecule has 8 heteroatoms. The van der Waals surface area contributed by atoms with E-state index in [0.717, 1.165) is 49.3 Å². The Morgan fingerprint density at radius 2 is 1.97 bits per heavy atom. The molecular formula is C25H30FN3O3S. The predicted molar refractivity (Wildman–Crippen MR) is 130 cm³/mol. The molecule has 1 amide bonds. The van der Waals surface area contributed by atoms with Crippen molar-refractivity contribution in [3.05, 3.63) is 53.8 Å². The summed E-state index contributed by atoms with van der Waals surface area (Å²) in [5.41, 5.74) is 1.26.